The quantitative estimate of drug-likeness (QED) is 0.243. The van der Waals surface area contributed by atoms with E-state index in [2.05, 4.69) is 0 Å². The zero-order chi connectivity index (χ0) is 17.3. The number of aliphatic hydroxyl groups excluding tert-OH is 8. The van der Waals surface area contributed by atoms with Crippen LogP contribution in [0.4, 0.5) is 0 Å². The van der Waals surface area contributed by atoms with Crippen LogP contribution >= 0.6 is 0 Å². The van der Waals surface area contributed by atoms with Gasteiger partial charge < -0.3 is 55.1 Å². The molecule has 0 radical (unpaired) electrons. The third kappa shape index (κ3) is 3.65. The van der Waals surface area contributed by atoms with Gasteiger partial charge in [-0.1, -0.05) is 0 Å². The summed E-state index contributed by atoms with van der Waals surface area (Å²) in [5, 5.41) is 76.5. The van der Waals surface area contributed by atoms with E-state index in [9.17, 15) is 35.7 Å². The van der Waals surface area contributed by atoms with Crippen LogP contribution in [0.5, 0.6) is 0 Å². The van der Waals surface area contributed by atoms with E-state index in [0.717, 1.165) is 0 Å². The van der Waals surface area contributed by atoms with Crippen molar-refractivity contribution in [1.29, 1.82) is 0 Å². The monoisotopic (exact) mass is 342 g/mol. The van der Waals surface area contributed by atoms with Crippen molar-refractivity contribution < 1.29 is 55.1 Å². The van der Waals surface area contributed by atoms with Gasteiger partial charge in [0, 0.05) is 0 Å². The van der Waals surface area contributed by atoms with Crippen molar-refractivity contribution in [3.63, 3.8) is 0 Å². The van der Waals surface area contributed by atoms with Crippen LogP contribution in [0.3, 0.4) is 0 Å². The molecular formula is C12H22O11. The summed E-state index contributed by atoms with van der Waals surface area (Å²) in [5.74, 6) is 0. The maximum absolute atomic E-state index is 9.94. The first-order valence-electron chi connectivity index (χ1n) is 7.08. The topological polar surface area (TPSA) is 190 Å². The lowest BCUT2D eigenvalue weighted by Gasteiger charge is -2.45. The zero-order valence-corrected chi connectivity index (χ0v) is 12.0. The van der Waals surface area contributed by atoms with Crippen molar-refractivity contribution in [3.05, 3.63) is 0 Å². The molecule has 136 valence electrons. The molecule has 10 atom stereocenters. The summed E-state index contributed by atoms with van der Waals surface area (Å²) in [6.07, 6.45) is -15.6. The van der Waals surface area contributed by atoms with Gasteiger partial charge in [-0.15, -0.1) is 0 Å². The first-order chi connectivity index (χ1) is 10.8. The number of ether oxygens (including phenoxy) is 3. The molecule has 0 bridgehead atoms. The van der Waals surface area contributed by atoms with E-state index < -0.39 is 74.6 Å². The van der Waals surface area contributed by atoms with Crippen LogP contribution in [0.1, 0.15) is 0 Å². The van der Waals surface area contributed by atoms with Gasteiger partial charge in [-0.2, -0.15) is 0 Å². The molecule has 2 fully saturated rings. The Balaban J connectivity index is 2.11. The molecule has 2 aliphatic rings. The molecule has 0 aromatic heterocycles. The second-order valence-corrected chi connectivity index (χ2v) is 5.53. The van der Waals surface area contributed by atoms with Gasteiger partial charge >= 0.3 is 0 Å². The first kappa shape index (κ1) is 18.9. The van der Waals surface area contributed by atoms with Crippen LogP contribution in [0.25, 0.3) is 0 Å². The van der Waals surface area contributed by atoms with Gasteiger partial charge in [-0.25, -0.2) is 0 Å². The zero-order valence-electron chi connectivity index (χ0n) is 12.0. The third-order valence-corrected chi connectivity index (χ3v) is 3.98. The van der Waals surface area contributed by atoms with E-state index in [0.29, 0.717) is 0 Å². The molecular weight excluding hydrogens is 320 g/mol. The van der Waals surface area contributed by atoms with Gasteiger partial charge in [0.1, 0.15) is 48.8 Å². The molecule has 0 saturated carbocycles. The standard InChI is InChI=1S/C12H22O11/c13-1-3-5(15)6(16)9(19)12(22-3)23-10-4(2-14)21-11(20)8(18)7(10)17/h3-20H,1-2H2/t3?,4?,5?,6?,7?,8?,9?,10?,11?,12-/m0/s1. The predicted octanol–water partition coefficient (Wildman–Crippen LogP) is -5.40. The molecule has 23 heavy (non-hydrogen) atoms. The van der Waals surface area contributed by atoms with Gasteiger partial charge in [0.25, 0.3) is 0 Å². The van der Waals surface area contributed by atoms with Crippen LogP contribution in [0.2, 0.25) is 0 Å². The lowest BCUT2D eigenvalue weighted by Crippen LogP contribution is -2.64. The molecule has 2 aliphatic heterocycles. The van der Waals surface area contributed by atoms with Crippen LogP contribution in [0.15, 0.2) is 0 Å². The lowest BCUT2D eigenvalue weighted by molar-refractivity contribution is -0.355. The van der Waals surface area contributed by atoms with E-state index in [-0.39, 0.29) is 0 Å². The van der Waals surface area contributed by atoms with Crippen LogP contribution in [-0.2, 0) is 14.2 Å². The largest absolute Gasteiger partial charge is 0.394 e. The highest BCUT2D eigenvalue weighted by molar-refractivity contribution is 4.93. The molecule has 0 amide bonds. The summed E-state index contributed by atoms with van der Waals surface area (Å²) in [4.78, 5) is 0. The smallest absolute Gasteiger partial charge is 0.187 e. The average molecular weight is 342 g/mol. The van der Waals surface area contributed by atoms with Gasteiger partial charge in [0.2, 0.25) is 0 Å². The fourth-order valence-electron chi connectivity index (χ4n) is 2.57. The number of hydrogen-bond donors (Lipinski definition) is 8. The Morgan fingerprint density at radius 2 is 1.26 bits per heavy atom. The summed E-state index contributed by atoms with van der Waals surface area (Å²) in [7, 11) is 0. The molecule has 2 heterocycles. The van der Waals surface area contributed by atoms with Crippen LogP contribution in [-0.4, -0.2) is 115 Å². The van der Waals surface area contributed by atoms with Gasteiger partial charge in [0.05, 0.1) is 13.2 Å². The molecule has 11 heteroatoms. The SMILES string of the molecule is OCC1O[C@@H](OC2C(CO)OC(O)C(O)C2O)C(O)C(O)C1O. The second kappa shape index (κ2) is 7.63. The fraction of sp³-hybridized carbons (Fsp3) is 1.00. The Morgan fingerprint density at radius 3 is 1.83 bits per heavy atom. The van der Waals surface area contributed by atoms with Crippen molar-refractivity contribution in [2.45, 2.75) is 61.4 Å². The maximum Gasteiger partial charge on any atom is 0.187 e. The molecule has 2 saturated heterocycles. The number of rotatable bonds is 4. The second-order valence-electron chi connectivity index (χ2n) is 5.53. The first-order valence-corrected chi connectivity index (χ1v) is 7.08. The lowest BCUT2D eigenvalue weighted by atomic mass is 9.97. The van der Waals surface area contributed by atoms with Crippen LogP contribution < -0.4 is 0 Å². The van der Waals surface area contributed by atoms with Crippen molar-refractivity contribution in [3.8, 4) is 0 Å². The van der Waals surface area contributed by atoms with Gasteiger partial charge in [-0.3, -0.25) is 0 Å². The fourth-order valence-corrected chi connectivity index (χ4v) is 2.57. The molecule has 0 aromatic carbocycles. The Morgan fingerprint density at radius 1 is 0.652 bits per heavy atom. The highest BCUT2D eigenvalue weighted by Gasteiger charge is 2.50. The minimum atomic E-state index is -1.74. The molecule has 0 aliphatic carbocycles. The summed E-state index contributed by atoms with van der Waals surface area (Å²) in [6.45, 7) is -1.35. The van der Waals surface area contributed by atoms with Crippen molar-refractivity contribution in [2.24, 2.45) is 0 Å². The Hall–Kier alpha value is -0.440. The number of hydrogen-bond acceptors (Lipinski definition) is 11. The summed E-state index contributed by atoms with van der Waals surface area (Å²) < 4.78 is 15.3. The molecule has 11 nitrogen and oxygen atoms in total. The van der Waals surface area contributed by atoms with Gasteiger partial charge in [-0.05, 0) is 0 Å². The summed E-state index contributed by atoms with van der Waals surface area (Å²) in [5.41, 5.74) is 0. The normalized spacial score (nSPS) is 51.7. The van der Waals surface area contributed by atoms with E-state index in [1.54, 1.807) is 0 Å². The van der Waals surface area contributed by atoms with Crippen molar-refractivity contribution in [2.75, 3.05) is 13.2 Å². The highest BCUT2D eigenvalue weighted by atomic mass is 16.7. The summed E-state index contributed by atoms with van der Waals surface area (Å²) in [6, 6.07) is 0. The van der Waals surface area contributed by atoms with Crippen molar-refractivity contribution in [1.82, 2.24) is 0 Å². The molecule has 8 N–H and O–H groups in total. The van der Waals surface area contributed by atoms with Crippen molar-refractivity contribution >= 4 is 0 Å². The molecule has 9 unspecified atom stereocenters. The Labute approximate surface area is 130 Å². The predicted molar refractivity (Wildman–Crippen MR) is 68.6 cm³/mol. The third-order valence-electron chi connectivity index (χ3n) is 3.98. The summed E-state index contributed by atoms with van der Waals surface area (Å²) >= 11 is 0. The highest BCUT2D eigenvalue weighted by Crippen LogP contribution is 2.28. The van der Waals surface area contributed by atoms with Crippen LogP contribution in [0, 0.1) is 0 Å². The Bertz CT molecular complexity index is 378. The number of aliphatic hydroxyl groups is 8. The molecule has 0 aromatic rings. The molecule has 0 spiro atoms. The van der Waals surface area contributed by atoms with E-state index >= 15 is 0 Å². The average Bonchev–Trinajstić information content (AvgIpc) is 2.55. The van der Waals surface area contributed by atoms with E-state index in [1.165, 1.54) is 0 Å². The minimum Gasteiger partial charge on any atom is -0.394 e. The maximum atomic E-state index is 9.94. The Kier molecular flexibility index (Phi) is 6.27. The van der Waals surface area contributed by atoms with E-state index in [4.69, 9.17) is 19.3 Å². The van der Waals surface area contributed by atoms with E-state index in [1.807, 2.05) is 0 Å². The molecule has 2 rings (SSSR count). The minimum absolute atomic E-state index is 0.667. The van der Waals surface area contributed by atoms with Gasteiger partial charge in [0.15, 0.2) is 12.6 Å².